The van der Waals surface area contributed by atoms with Gasteiger partial charge in [0, 0.05) is 18.0 Å². The van der Waals surface area contributed by atoms with Crippen LogP contribution in [-0.2, 0) is 0 Å². The fourth-order valence-corrected chi connectivity index (χ4v) is 2.05. The van der Waals surface area contributed by atoms with Crippen LogP contribution in [0.25, 0.3) is 0 Å². The quantitative estimate of drug-likeness (QED) is 0.782. The van der Waals surface area contributed by atoms with E-state index >= 15 is 0 Å². The van der Waals surface area contributed by atoms with Crippen molar-refractivity contribution >= 4 is 17.5 Å². The van der Waals surface area contributed by atoms with Gasteiger partial charge in [0.05, 0.1) is 7.11 Å². The molecule has 1 atom stereocenters. The number of benzene rings is 1. The molecule has 0 heterocycles. The molecule has 0 radical (unpaired) electrons. The van der Waals surface area contributed by atoms with E-state index in [2.05, 4.69) is 12.2 Å². The molecule has 0 saturated heterocycles. The number of alkyl halides is 1. The monoisotopic (exact) mass is 287 g/mol. The van der Waals surface area contributed by atoms with Gasteiger partial charge in [-0.2, -0.15) is 0 Å². The van der Waals surface area contributed by atoms with Crippen LogP contribution in [-0.4, -0.2) is 25.4 Å². The molecule has 0 fully saturated rings. The number of hydrogen-bond donors (Lipinski definition) is 1. The van der Waals surface area contributed by atoms with Gasteiger partial charge in [-0.25, -0.2) is 4.39 Å². The second-order valence-corrected chi connectivity index (χ2v) is 4.69. The minimum Gasteiger partial charge on any atom is -0.494 e. The summed E-state index contributed by atoms with van der Waals surface area (Å²) in [6, 6.07) is 4.06. The Morgan fingerprint density at radius 3 is 2.84 bits per heavy atom. The minimum atomic E-state index is -0.479. The second-order valence-electron chi connectivity index (χ2n) is 4.31. The molecule has 1 amide bonds. The summed E-state index contributed by atoms with van der Waals surface area (Å²) in [5, 5.41) is 2.83. The van der Waals surface area contributed by atoms with Gasteiger partial charge in [-0.3, -0.25) is 4.79 Å². The van der Waals surface area contributed by atoms with Gasteiger partial charge >= 0.3 is 0 Å². The Labute approximate surface area is 118 Å². The molecule has 1 aromatic carbocycles. The third-order valence-corrected chi connectivity index (χ3v) is 3.28. The number of hydrogen-bond acceptors (Lipinski definition) is 2. The van der Waals surface area contributed by atoms with Crippen molar-refractivity contribution in [2.75, 3.05) is 19.5 Å². The van der Waals surface area contributed by atoms with Crippen molar-refractivity contribution in [1.82, 2.24) is 5.32 Å². The molecule has 106 valence electrons. The first-order chi connectivity index (χ1) is 9.12. The SMILES string of the molecule is CCC(CCCl)CNC(=O)c1ccc(F)c(OC)c1. The molecular formula is C14H19ClFNO2. The summed E-state index contributed by atoms with van der Waals surface area (Å²) in [7, 11) is 1.37. The summed E-state index contributed by atoms with van der Waals surface area (Å²) in [4.78, 5) is 11.9. The molecule has 19 heavy (non-hydrogen) atoms. The first-order valence-electron chi connectivity index (χ1n) is 6.30. The fraction of sp³-hybridized carbons (Fsp3) is 0.500. The number of carbonyl (C=O) groups is 1. The molecule has 0 aliphatic carbocycles. The Morgan fingerprint density at radius 2 is 2.26 bits per heavy atom. The van der Waals surface area contributed by atoms with E-state index in [1.807, 2.05) is 0 Å². The van der Waals surface area contributed by atoms with Crippen LogP contribution in [0.1, 0.15) is 30.1 Å². The highest BCUT2D eigenvalue weighted by atomic mass is 35.5. The largest absolute Gasteiger partial charge is 0.494 e. The summed E-state index contributed by atoms with van der Waals surface area (Å²) in [5.74, 6) is 0.307. The van der Waals surface area contributed by atoms with Crippen LogP contribution in [0.4, 0.5) is 4.39 Å². The van der Waals surface area contributed by atoms with Crippen LogP contribution in [0.2, 0.25) is 0 Å². The number of ether oxygens (including phenoxy) is 1. The second kappa shape index (κ2) is 8.00. The smallest absolute Gasteiger partial charge is 0.251 e. The number of amides is 1. The van der Waals surface area contributed by atoms with Crippen molar-refractivity contribution in [1.29, 1.82) is 0 Å². The third kappa shape index (κ3) is 4.71. The Kier molecular flexibility index (Phi) is 6.64. The molecule has 1 unspecified atom stereocenters. The molecule has 0 saturated carbocycles. The van der Waals surface area contributed by atoms with Gasteiger partial charge in [0.25, 0.3) is 5.91 Å². The van der Waals surface area contributed by atoms with Gasteiger partial charge in [0.15, 0.2) is 11.6 Å². The predicted molar refractivity (Wildman–Crippen MR) is 74.4 cm³/mol. The zero-order valence-corrected chi connectivity index (χ0v) is 12.0. The number of nitrogens with one attached hydrogen (secondary N) is 1. The summed E-state index contributed by atoms with van der Waals surface area (Å²) in [6.07, 6.45) is 1.82. The highest BCUT2D eigenvalue weighted by Gasteiger charge is 2.12. The predicted octanol–water partition coefficient (Wildman–Crippen LogP) is 3.22. The molecule has 5 heteroatoms. The highest BCUT2D eigenvalue weighted by molar-refractivity contribution is 6.17. The average Bonchev–Trinajstić information content (AvgIpc) is 2.43. The van der Waals surface area contributed by atoms with E-state index in [1.54, 1.807) is 0 Å². The van der Waals surface area contributed by atoms with Crippen molar-refractivity contribution < 1.29 is 13.9 Å². The van der Waals surface area contributed by atoms with Gasteiger partial charge < -0.3 is 10.1 Å². The van der Waals surface area contributed by atoms with Crippen LogP contribution >= 0.6 is 11.6 Å². The lowest BCUT2D eigenvalue weighted by atomic mass is 10.0. The molecule has 0 aromatic heterocycles. The molecule has 1 aromatic rings. The Bertz CT molecular complexity index is 426. The topological polar surface area (TPSA) is 38.3 Å². The van der Waals surface area contributed by atoms with E-state index in [0.29, 0.717) is 23.9 Å². The lowest BCUT2D eigenvalue weighted by Crippen LogP contribution is -2.29. The first-order valence-corrected chi connectivity index (χ1v) is 6.83. The van der Waals surface area contributed by atoms with E-state index in [9.17, 15) is 9.18 Å². The zero-order valence-electron chi connectivity index (χ0n) is 11.2. The molecule has 0 spiro atoms. The Morgan fingerprint density at radius 1 is 1.53 bits per heavy atom. The molecule has 0 bridgehead atoms. The van der Waals surface area contributed by atoms with Gasteiger partial charge in [-0.05, 0) is 30.5 Å². The summed E-state index contributed by atoms with van der Waals surface area (Å²) < 4.78 is 18.1. The Hall–Kier alpha value is -1.29. The maximum Gasteiger partial charge on any atom is 0.251 e. The van der Waals surface area contributed by atoms with Crippen LogP contribution in [0.15, 0.2) is 18.2 Å². The van der Waals surface area contributed by atoms with Crippen LogP contribution in [0.3, 0.4) is 0 Å². The van der Waals surface area contributed by atoms with Crippen LogP contribution < -0.4 is 10.1 Å². The number of rotatable bonds is 7. The standard InChI is InChI=1S/C14H19ClFNO2/c1-3-10(6-7-15)9-17-14(18)11-4-5-12(16)13(8-11)19-2/h4-5,8,10H,3,6-7,9H2,1-2H3,(H,17,18). The Balaban J connectivity index is 2.62. The number of halogens is 2. The third-order valence-electron chi connectivity index (χ3n) is 3.06. The average molecular weight is 288 g/mol. The normalized spacial score (nSPS) is 12.0. The van der Waals surface area contributed by atoms with Crippen molar-refractivity contribution in [2.24, 2.45) is 5.92 Å². The summed E-state index contributed by atoms with van der Waals surface area (Å²) >= 11 is 5.69. The first kappa shape index (κ1) is 15.8. The van der Waals surface area contributed by atoms with Crippen molar-refractivity contribution in [3.05, 3.63) is 29.6 Å². The van der Waals surface area contributed by atoms with Crippen LogP contribution in [0.5, 0.6) is 5.75 Å². The van der Waals surface area contributed by atoms with Crippen LogP contribution in [0, 0.1) is 11.7 Å². The zero-order chi connectivity index (χ0) is 14.3. The maximum absolute atomic E-state index is 13.2. The van der Waals surface area contributed by atoms with E-state index in [1.165, 1.54) is 25.3 Å². The van der Waals surface area contributed by atoms with Gasteiger partial charge in [-0.1, -0.05) is 13.3 Å². The van der Waals surface area contributed by atoms with E-state index in [0.717, 1.165) is 12.8 Å². The molecule has 0 aliphatic rings. The lowest BCUT2D eigenvalue weighted by molar-refractivity contribution is 0.0946. The number of carbonyl (C=O) groups excluding carboxylic acids is 1. The summed E-state index contributed by atoms with van der Waals surface area (Å²) in [6.45, 7) is 2.63. The van der Waals surface area contributed by atoms with Crippen molar-refractivity contribution in [2.45, 2.75) is 19.8 Å². The highest BCUT2D eigenvalue weighted by Crippen LogP contribution is 2.18. The van der Waals surface area contributed by atoms with E-state index in [-0.39, 0.29) is 11.7 Å². The molecule has 1 rings (SSSR count). The molecular weight excluding hydrogens is 269 g/mol. The van der Waals surface area contributed by atoms with Gasteiger partial charge in [0.2, 0.25) is 0 Å². The lowest BCUT2D eigenvalue weighted by Gasteiger charge is -2.14. The van der Waals surface area contributed by atoms with Gasteiger partial charge in [0.1, 0.15) is 0 Å². The van der Waals surface area contributed by atoms with E-state index < -0.39 is 5.82 Å². The molecule has 0 aliphatic heterocycles. The van der Waals surface area contributed by atoms with Gasteiger partial charge in [-0.15, -0.1) is 11.6 Å². The molecule has 1 N–H and O–H groups in total. The maximum atomic E-state index is 13.2. The fourth-order valence-electron chi connectivity index (χ4n) is 1.74. The number of methoxy groups -OCH3 is 1. The van der Waals surface area contributed by atoms with Crippen molar-refractivity contribution in [3.63, 3.8) is 0 Å². The van der Waals surface area contributed by atoms with E-state index in [4.69, 9.17) is 16.3 Å². The molecule has 3 nitrogen and oxygen atoms in total. The minimum absolute atomic E-state index is 0.0699. The summed E-state index contributed by atoms with van der Waals surface area (Å²) in [5.41, 5.74) is 0.388. The van der Waals surface area contributed by atoms with Crippen molar-refractivity contribution in [3.8, 4) is 5.75 Å².